The Morgan fingerprint density at radius 2 is 1.50 bits per heavy atom. The van der Waals surface area contributed by atoms with Gasteiger partial charge in [0.05, 0.1) is 6.54 Å². The third-order valence-corrected chi connectivity index (χ3v) is 5.09. The fraction of sp³-hybridized carbons (Fsp3) is 0.0370. The second kappa shape index (κ2) is 8.86. The Kier molecular flexibility index (Phi) is 5.45. The van der Waals surface area contributed by atoms with E-state index in [1.807, 2.05) is 77.6 Å². The Hall–Kier alpha value is -4.25. The molecular formula is C27H20FN3O. The molecule has 5 heteroatoms. The van der Waals surface area contributed by atoms with Crippen molar-refractivity contribution in [1.29, 1.82) is 0 Å². The van der Waals surface area contributed by atoms with Crippen LogP contribution < -0.4 is 4.74 Å². The van der Waals surface area contributed by atoms with Crippen molar-refractivity contribution in [1.82, 2.24) is 14.8 Å². The van der Waals surface area contributed by atoms with Gasteiger partial charge in [0.15, 0.2) is 0 Å². The number of pyridine rings is 1. The van der Waals surface area contributed by atoms with Crippen molar-refractivity contribution in [2.75, 3.05) is 0 Å². The first-order chi connectivity index (χ1) is 15.7. The normalized spacial score (nSPS) is 10.8. The maximum Gasteiger partial charge on any atom is 0.127 e. The lowest BCUT2D eigenvalue weighted by Gasteiger charge is -2.08. The van der Waals surface area contributed by atoms with E-state index in [1.54, 1.807) is 24.5 Å². The molecule has 0 fully saturated rings. The highest BCUT2D eigenvalue weighted by atomic mass is 19.1. The van der Waals surface area contributed by atoms with Crippen LogP contribution >= 0.6 is 0 Å². The standard InChI is InChI=1S/C27H20FN3O/c28-23-11-9-22(10-12-23)27-26(21-13-15-29-16-14-21)19-31(30-27)18-20-5-4-8-25(17-20)32-24-6-2-1-3-7-24/h1-17,19H,18H2. The average Bonchev–Trinajstić information content (AvgIpc) is 3.25. The Morgan fingerprint density at radius 3 is 2.28 bits per heavy atom. The second-order valence-corrected chi connectivity index (χ2v) is 7.39. The van der Waals surface area contributed by atoms with E-state index < -0.39 is 0 Å². The molecular weight excluding hydrogens is 401 g/mol. The summed E-state index contributed by atoms with van der Waals surface area (Å²) >= 11 is 0. The molecule has 5 aromatic rings. The minimum absolute atomic E-state index is 0.270. The molecule has 2 aromatic heterocycles. The van der Waals surface area contributed by atoms with Gasteiger partial charge >= 0.3 is 0 Å². The van der Waals surface area contributed by atoms with Crippen molar-refractivity contribution in [3.63, 3.8) is 0 Å². The molecule has 2 heterocycles. The van der Waals surface area contributed by atoms with Crippen LogP contribution in [0.3, 0.4) is 0 Å². The Balaban J connectivity index is 1.47. The quantitative estimate of drug-likeness (QED) is 0.310. The highest BCUT2D eigenvalue weighted by Crippen LogP contribution is 2.31. The van der Waals surface area contributed by atoms with Crippen LogP contribution in [0.25, 0.3) is 22.4 Å². The monoisotopic (exact) mass is 421 g/mol. The molecule has 0 saturated heterocycles. The lowest BCUT2D eigenvalue weighted by molar-refractivity contribution is 0.481. The Labute approximate surface area is 185 Å². The maximum absolute atomic E-state index is 13.5. The van der Waals surface area contributed by atoms with Crippen LogP contribution in [-0.2, 0) is 6.54 Å². The van der Waals surface area contributed by atoms with Crippen molar-refractivity contribution < 1.29 is 9.13 Å². The number of halogens is 1. The Bertz CT molecular complexity index is 1320. The molecule has 0 N–H and O–H groups in total. The van der Waals surface area contributed by atoms with Gasteiger partial charge in [-0.25, -0.2) is 4.39 Å². The van der Waals surface area contributed by atoms with Crippen molar-refractivity contribution in [2.24, 2.45) is 0 Å². The lowest BCUT2D eigenvalue weighted by Crippen LogP contribution is -2.00. The summed E-state index contributed by atoms with van der Waals surface area (Å²) in [6, 6.07) is 28.0. The molecule has 0 radical (unpaired) electrons. The summed E-state index contributed by atoms with van der Waals surface area (Å²) in [4.78, 5) is 4.11. The molecule has 0 aliphatic rings. The number of ether oxygens (including phenoxy) is 1. The highest BCUT2D eigenvalue weighted by Gasteiger charge is 2.14. The minimum atomic E-state index is -0.270. The summed E-state index contributed by atoms with van der Waals surface area (Å²) in [7, 11) is 0. The van der Waals surface area contributed by atoms with Crippen molar-refractivity contribution >= 4 is 0 Å². The van der Waals surface area contributed by atoms with Crippen molar-refractivity contribution in [2.45, 2.75) is 6.54 Å². The van der Waals surface area contributed by atoms with Crippen LogP contribution in [0.4, 0.5) is 4.39 Å². The number of rotatable bonds is 6. The van der Waals surface area contributed by atoms with Crippen LogP contribution in [0.2, 0.25) is 0 Å². The van der Waals surface area contributed by atoms with Gasteiger partial charge in [0, 0.05) is 29.7 Å². The first kappa shape index (κ1) is 19.7. The number of hydrogen-bond acceptors (Lipinski definition) is 3. The molecule has 0 aliphatic carbocycles. The SMILES string of the molecule is Fc1ccc(-c2nn(Cc3cccc(Oc4ccccc4)c3)cc2-c2ccncc2)cc1. The summed E-state index contributed by atoms with van der Waals surface area (Å²) in [5, 5.41) is 4.83. The molecule has 0 saturated carbocycles. The zero-order valence-electron chi connectivity index (χ0n) is 17.2. The largest absolute Gasteiger partial charge is 0.457 e. The average molecular weight is 421 g/mol. The van der Waals surface area contributed by atoms with Crippen LogP contribution in [0, 0.1) is 5.82 Å². The molecule has 0 aliphatic heterocycles. The van der Waals surface area contributed by atoms with E-state index in [2.05, 4.69) is 4.98 Å². The molecule has 0 spiro atoms. The van der Waals surface area contributed by atoms with Gasteiger partial charge in [-0.15, -0.1) is 0 Å². The van der Waals surface area contributed by atoms with E-state index in [0.29, 0.717) is 6.54 Å². The zero-order chi connectivity index (χ0) is 21.8. The fourth-order valence-electron chi connectivity index (χ4n) is 3.59. The van der Waals surface area contributed by atoms with Gasteiger partial charge in [-0.1, -0.05) is 30.3 Å². The summed E-state index contributed by atoms with van der Waals surface area (Å²) in [5.41, 5.74) is 4.70. The molecule has 156 valence electrons. The third kappa shape index (κ3) is 4.42. The zero-order valence-corrected chi connectivity index (χ0v) is 17.2. The smallest absolute Gasteiger partial charge is 0.127 e. The van der Waals surface area contributed by atoms with Crippen molar-refractivity contribution in [3.8, 4) is 33.9 Å². The molecule has 3 aromatic carbocycles. The first-order valence-corrected chi connectivity index (χ1v) is 10.3. The molecule has 32 heavy (non-hydrogen) atoms. The van der Waals surface area contributed by atoms with Gasteiger partial charge in [0.1, 0.15) is 23.0 Å². The summed E-state index contributed by atoms with van der Waals surface area (Å²) < 4.78 is 21.3. The van der Waals surface area contributed by atoms with E-state index in [0.717, 1.165) is 39.4 Å². The van der Waals surface area contributed by atoms with E-state index in [4.69, 9.17) is 9.84 Å². The number of hydrogen-bond donors (Lipinski definition) is 0. The molecule has 0 atom stereocenters. The number of benzene rings is 3. The molecule has 0 bridgehead atoms. The predicted molar refractivity (Wildman–Crippen MR) is 123 cm³/mol. The van der Waals surface area contributed by atoms with Gasteiger partial charge in [-0.05, 0) is 71.8 Å². The molecule has 0 unspecified atom stereocenters. The predicted octanol–water partition coefficient (Wildman–Crippen LogP) is 6.59. The molecule has 4 nitrogen and oxygen atoms in total. The lowest BCUT2D eigenvalue weighted by atomic mass is 10.0. The van der Waals surface area contributed by atoms with E-state index in [-0.39, 0.29) is 5.82 Å². The van der Waals surface area contributed by atoms with Crippen molar-refractivity contribution in [3.05, 3.63) is 121 Å². The topological polar surface area (TPSA) is 39.9 Å². The fourth-order valence-corrected chi connectivity index (χ4v) is 3.59. The number of nitrogens with zero attached hydrogens (tertiary/aromatic N) is 3. The van der Waals surface area contributed by atoms with E-state index in [9.17, 15) is 4.39 Å². The summed E-state index contributed by atoms with van der Waals surface area (Å²) in [5.74, 6) is 1.30. The van der Waals surface area contributed by atoms with Gasteiger partial charge in [0.2, 0.25) is 0 Å². The summed E-state index contributed by atoms with van der Waals surface area (Å²) in [6.45, 7) is 0.575. The summed E-state index contributed by atoms with van der Waals surface area (Å²) in [6.07, 6.45) is 5.52. The Morgan fingerprint density at radius 1 is 0.750 bits per heavy atom. The van der Waals surface area contributed by atoms with Crippen LogP contribution in [0.5, 0.6) is 11.5 Å². The first-order valence-electron chi connectivity index (χ1n) is 10.3. The molecule has 5 rings (SSSR count). The molecule has 0 amide bonds. The third-order valence-electron chi connectivity index (χ3n) is 5.09. The number of aromatic nitrogens is 3. The van der Waals surface area contributed by atoms with Gasteiger partial charge in [0.25, 0.3) is 0 Å². The van der Waals surface area contributed by atoms with Crippen LogP contribution in [-0.4, -0.2) is 14.8 Å². The van der Waals surface area contributed by atoms with E-state index >= 15 is 0 Å². The highest BCUT2D eigenvalue weighted by molar-refractivity contribution is 5.80. The van der Waals surface area contributed by atoms with Gasteiger partial charge in [-0.3, -0.25) is 9.67 Å². The maximum atomic E-state index is 13.5. The number of para-hydroxylation sites is 1. The van der Waals surface area contributed by atoms with E-state index in [1.165, 1.54) is 12.1 Å². The van der Waals surface area contributed by atoms with Crippen LogP contribution in [0.1, 0.15) is 5.56 Å². The second-order valence-electron chi connectivity index (χ2n) is 7.39. The van der Waals surface area contributed by atoms with Gasteiger partial charge in [-0.2, -0.15) is 5.10 Å². The minimum Gasteiger partial charge on any atom is -0.457 e. The van der Waals surface area contributed by atoms with Crippen LogP contribution in [0.15, 0.2) is 110 Å². The van der Waals surface area contributed by atoms with Gasteiger partial charge < -0.3 is 4.74 Å².